The quantitative estimate of drug-likeness (QED) is 0.117. The average molecular weight is 587 g/mol. The van der Waals surface area contributed by atoms with Gasteiger partial charge in [0, 0.05) is 26.7 Å². The predicted octanol–water partition coefficient (Wildman–Crippen LogP) is 5.62. The number of nitrogens with zero attached hydrogens (tertiary/aromatic N) is 2. The van der Waals surface area contributed by atoms with E-state index >= 15 is 0 Å². The number of hydrogen-bond acceptors (Lipinski definition) is 8. The number of carbonyl (C=O) groups is 1. The Bertz CT molecular complexity index is 1010. The van der Waals surface area contributed by atoms with Gasteiger partial charge in [0.2, 0.25) is 0 Å². The first-order valence-corrected chi connectivity index (χ1v) is 17.3. The molecule has 0 aliphatic carbocycles. The van der Waals surface area contributed by atoms with Gasteiger partial charge in [-0.15, -0.1) is 0 Å². The van der Waals surface area contributed by atoms with Crippen LogP contribution in [0.3, 0.4) is 0 Å². The summed E-state index contributed by atoms with van der Waals surface area (Å²) in [4.78, 5) is 31.5. The highest BCUT2D eigenvalue weighted by Gasteiger charge is 2.28. The first-order valence-electron chi connectivity index (χ1n) is 13.6. The molecule has 0 atom stereocenters. The van der Waals surface area contributed by atoms with E-state index in [-0.39, 0.29) is 11.9 Å². The van der Waals surface area contributed by atoms with Crippen molar-refractivity contribution < 1.29 is 28.6 Å². The maximum atomic E-state index is 10.3. The minimum atomic E-state index is -1.07. The fourth-order valence-electron chi connectivity index (χ4n) is 4.24. The summed E-state index contributed by atoms with van der Waals surface area (Å²) in [6.07, 6.45) is 2.76. The van der Waals surface area contributed by atoms with Crippen molar-refractivity contribution in [1.82, 2.24) is 9.80 Å². The summed E-state index contributed by atoms with van der Waals surface area (Å²) in [6.45, 7) is 20.4. The minimum Gasteiger partial charge on any atom is -0.490 e. The highest BCUT2D eigenvalue weighted by atomic mass is 28.3. The Kier molecular flexibility index (Phi) is 19.2. The number of rotatable bonds is 10. The van der Waals surface area contributed by atoms with Crippen molar-refractivity contribution in [3.8, 4) is 0 Å². The lowest BCUT2D eigenvalue weighted by atomic mass is 9.93. The largest absolute Gasteiger partial charge is 0.490 e. The second kappa shape index (κ2) is 20.8. The summed E-state index contributed by atoms with van der Waals surface area (Å²) in [5.74, 6) is -0.514. The molecule has 41 heavy (non-hydrogen) atoms. The van der Waals surface area contributed by atoms with Gasteiger partial charge in [-0.1, -0.05) is 94.2 Å². The molecule has 1 aliphatic heterocycles. The van der Waals surface area contributed by atoms with Gasteiger partial charge in [0.1, 0.15) is 0 Å². The lowest BCUT2D eigenvalue weighted by Gasteiger charge is -2.28. The molecule has 0 aromatic heterocycles. The third kappa shape index (κ3) is 19.6. The molecule has 2 aromatic rings. The second-order valence-electron chi connectivity index (χ2n) is 11.8. The topological polar surface area (TPSA) is 85.4 Å². The molecule has 0 amide bonds. The Balaban J connectivity index is 0.000000584. The zero-order chi connectivity index (χ0) is 31.3. The summed E-state index contributed by atoms with van der Waals surface area (Å²) < 4.78 is 13.9. The van der Waals surface area contributed by atoms with E-state index in [1.54, 1.807) is 7.11 Å². The van der Waals surface area contributed by atoms with E-state index < -0.39 is 14.0 Å². The highest BCUT2D eigenvalue weighted by Crippen LogP contribution is 2.29. The van der Waals surface area contributed by atoms with Gasteiger partial charge in [0.15, 0.2) is 5.76 Å². The van der Waals surface area contributed by atoms with Crippen LogP contribution in [0.5, 0.6) is 0 Å². The van der Waals surface area contributed by atoms with Gasteiger partial charge in [-0.25, -0.2) is 4.79 Å². The maximum absolute atomic E-state index is 10.3. The predicted molar refractivity (Wildman–Crippen MR) is 165 cm³/mol. The number of hydrogen-bond donors (Lipinski definition) is 0. The number of likely N-dealkylation sites (tertiary alicyclic amines) is 1. The molecule has 9 heteroatoms. The molecule has 3 rings (SSSR count). The number of carbonyl (C=O) groups excluding carboxylic acids is 3. The van der Waals surface area contributed by atoms with Crippen LogP contribution in [0.25, 0.3) is 0 Å². The third-order valence-electron chi connectivity index (χ3n) is 5.92. The summed E-state index contributed by atoms with van der Waals surface area (Å²) in [5.41, 5.74) is 3.32. The molecule has 1 saturated heterocycles. The SMILES string of the molecule is C=C(OC)C(=O)OC.CC1(C)CCN(Cc2ccccc2)C1.COCN(Cc1ccccc1)C[Si](C)(C)C.O=C=O. The van der Waals surface area contributed by atoms with Crippen LogP contribution in [0, 0.1) is 5.41 Å². The lowest BCUT2D eigenvalue weighted by molar-refractivity contribution is -0.191. The van der Waals surface area contributed by atoms with Gasteiger partial charge in [-0.3, -0.25) is 9.80 Å². The van der Waals surface area contributed by atoms with Gasteiger partial charge >= 0.3 is 12.1 Å². The van der Waals surface area contributed by atoms with Crippen molar-refractivity contribution in [3.05, 3.63) is 84.1 Å². The van der Waals surface area contributed by atoms with E-state index in [0.29, 0.717) is 5.41 Å². The van der Waals surface area contributed by atoms with Gasteiger partial charge in [-0.05, 0) is 42.3 Å². The molecule has 2 aromatic carbocycles. The van der Waals surface area contributed by atoms with Crippen LogP contribution in [0.4, 0.5) is 0 Å². The average Bonchev–Trinajstić information content (AvgIpc) is 3.27. The lowest BCUT2D eigenvalue weighted by Crippen LogP contribution is -2.40. The molecule has 0 bridgehead atoms. The Morgan fingerprint density at radius 1 is 0.951 bits per heavy atom. The van der Waals surface area contributed by atoms with Crippen molar-refractivity contribution >= 4 is 20.2 Å². The van der Waals surface area contributed by atoms with E-state index in [1.807, 2.05) is 0 Å². The van der Waals surface area contributed by atoms with E-state index in [0.717, 1.165) is 19.8 Å². The number of ether oxygens (including phenoxy) is 3. The Labute approximate surface area is 248 Å². The fraction of sp³-hybridized carbons (Fsp3) is 0.500. The Morgan fingerprint density at radius 2 is 1.46 bits per heavy atom. The maximum Gasteiger partial charge on any atom is 0.373 e. The van der Waals surface area contributed by atoms with Crippen LogP contribution in [-0.2, 0) is 41.7 Å². The molecule has 0 saturated carbocycles. The van der Waals surface area contributed by atoms with E-state index in [4.69, 9.17) is 14.3 Å². The molecule has 1 heterocycles. The Hall–Kier alpha value is -3.07. The molecule has 8 nitrogen and oxygen atoms in total. The number of methoxy groups -OCH3 is 3. The van der Waals surface area contributed by atoms with Crippen LogP contribution in [0.2, 0.25) is 19.6 Å². The zero-order valence-electron chi connectivity index (χ0n) is 26.3. The molecule has 0 radical (unpaired) electrons. The summed E-state index contributed by atoms with van der Waals surface area (Å²) >= 11 is 0. The summed E-state index contributed by atoms with van der Waals surface area (Å²) in [6, 6.07) is 21.3. The van der Waals surface area contributed by atoms with Crippen molar-refractivity contribution in [3.63, 3.8) is 0 Å². The number of benzene rings is 2. The third-order valence-corrected chi connectivity index (χ3v) is 7.32. The molecule has 1 fully saturated rings. The van der Waals surface area contributed by atoms with Crippen molar-refractivity contribution in [2.75, 3.05) is 47.3 Å². The van der Waals surface area contributed by atoms with Crippen LogP contribution in [-0.4, -0.2) is 77.3 Å². The molecular weight excluding hydrogens is 536 g/mol. The standard InChI is InChI=1S/C13H23NOSi.C13H19N.C5H8O3.CO2/c1-15-11-14(12-16(2,3)4)10-13-8-6-5-7-9-13;1-13(2)8-9-14(11-13)10-12-6-4-3-5-7-12;1-4(7-2)5(6)8-3;2-1-3/h5-9H,10-12H2,1-4H3;3-7H,8-11H2,1-2H3;1H2,2-3H3;. The molecule has 1 aliphatic rings. The monoisotopic (exact) mass is 586 g/mol. The Morgan fingerprint density at radius 3 is 1.83 bits per heavy atom. The smallest absolute Gasteiger partial charge is 0.373 e. The van der Waals surface area contributed by atoms with Gasteiger partial charge in [0.05, 0.1) is 29.0 Å². The van der Waals surface area contributed by atoms with Crippen molar-refractivity contribution in [2.45, 2.75) is 53.0 Å². The van der Waals surface area contributed by atoms with E-state index in [9.17, 15) is 4.79 Å². The van der Waals surface area contributed by atoms with Crippen LogP contribution in [0.1, 0.15) is 31.4 Å². The molecule has 0 N–H and O–H groups in total. The van der Waals surface area contributed by atoms with Crippen molar-refractivity contribution in [1.29, 1.82) is 0 Å². The normalized spacial score (nSPS) is 13.7. The highest BCUT2D eigenvalue weighted by molar-refractivity contribution is 6.76. The van der Waals surface area contributed by atoms with Crippen LogP contribution in [0.15, 0.2) is 73.0 Å². The second-order valence-corrected chi connectivity index (χ2v) is 17.2. The first-order chi connectivity index (χ1) is 19.3. The van der Waals surface area contributed by atoms with Crippen LogP contribution < -0.4 is 0 Å². The first kappa shape index (κ1) is 37.9. The molecule has 0 spiro atoms. The van der Waals surface area contributed by atoms with Gasteiger partial charge in [-0.2, -0.15) is 9.59 Å². The molecule has 0 unspecified atom stereocenters. The van der Waals surface area contributed by atoms with Crippen molar-refractivity contribution in [2.24, 2.45) is 5.41 Å². The zero-order valence-corrected chi connectivity index (χ0v) is 27.3. The van der Waals surface area contributed by atoms with E-state index in [2.05, 4.69) is 120 Å². The van der Waals surface area contributed by atoms with Crippen LogP contribution >= 0.6 is 0 Å². The fourth-order valence-corrected chi connectivity index (χ4v) is 5.78. The minimum absolute atomic E-state index is 0.0208. The molecular formula is C32H50N2O6Si. The summed E-state index contributed by atoms with van der Waals surface area (Å²) in [7, 11) is 3.33. The number of esters is 1. The molecule has 228 valence electrons. The summed E-state index contributed by atoms with van der Waals surface area (Å²) in [5, 5.41) is 0. The van der Waals surface area contributed by atoms with Gasteiger partial charge in [0.25, 0.3) is 0 Å². The van der Waals surface area contributed by atoms with Gasteiger partial charge < -0.3 is 14.2 Å². The van der Waals surface area contributed by atoms with E-state index in [1.165, 1.54) is 51.0 Å².